The number of ether oxygens (including phenoxy) is 1. The molecule has 14 heteroatoms. The summed E-state index contributed by atoms with van der Waals surface area (Å²) in [4.78, 5) is 21.3. The molecule has 11 nitrogen and oxygen atoms in total. The van der Waals surface area contributed by atoms with E-state index in [4.69, 9.17) is 26.6 Å². The minimum Gasteiger partial charge on any atom is -0.386 e. The van der Waals surface area contributed by atoms with E-state index in [0.717, 1.165) is 0 Å². The zero-order chi connectivity index (χ0) is 16.4. The van der Waals surface area contributed by atoms with Gasteiger partial charge in [0.2, 0.25) is 5.28 Å². The first-order valence-corrected chi connectivity index (χ1v) is 8.38. The van der Waals surface area contributed by atoms with Crippen LogP contribution in [0.4, 0.5) is 5.82 Å². The number of aliphatic hydroxyl groups excluding tert-OH is 1. The fourth-order valence-electron chi connectivity index (χ4n) is 2.67. The Labute approximate surface area is 162 Å². The van der Waals surface area contributed by atoms with Crippen LogP contribution in [0.3, 0.4) is 0 Å². The van der Waals surface area contributed by atoms with Crippen molar-refractivity contribution in [2.75, 3.05) is 12.3 Å². The van der Waals surface area contributed by atoms with Crippen molar-refractivity contribution in [3.05, 3.63) is 11.6 Å². The van der Waals surface area contributed by atoms with Crippen LogP contribution in [0.15, 0.2) is 6.33 Å². The molecule has 0 radical (unpaired) electrons. The van der Waals surface area contributed by atoms with E-state index >= 15 is 0 Å². The third-order valence-corrected chi connectivity index (χ3v) is 4.93. The molecule has 0 saturated carbocycles. The minimum absolute atomic E-state index is 0. The molecule has 0 aromatic carbocycles. The van der Waals surface area contributed by atoms with Gasteiger partial charge in [-0.05, 0) is 11.6 Å². The number of nitrogens with two attached hydrogens (primary N) is 1. The first-order chi connectivity index (χ1) is 10.9. The molecule has 4 rings (SSSR count). The van der Waals surface area contributed by atoms with Gasteiger partial charge in [0, 0.05) is 0 Å². The summed E-state index contributed by atoms with van der Waals surface area (Å²) in [5, 5.41) is 10.4. The van der Waals surface area contributed by atoms with Crippen molar-refractivity contribution in [1.82, 2.24) is 19.5 Å². The molecule has 4 N–H and O–H groups in total. The fourth-order valence-corrected chi connectivity index (χ4v) is 3.90. The number of aromatic nitrogens is 4. The number of fused-ring (bicyclic) bond motifs is 2. The summed E-state index contributed by atoms with van der Waals surface area (Å²) in [5.41, 5.74) is 6.24. The Hall–Kier alpha value is -0.330. The van der Waals surface area contributed by atoms with E-state index in [2.05, 4.69) is 19.5 Å². The summed E-state index contributed by atoms with van der Waals surface area (Å²) in [7, 11) is -4.21. The van der Waals surface area contributed by atoms with Crippen molar-refractivity contribution >= 4 is 36.4 Å². The molecule has 2 saturated heterocycles. The first-order valence-electron chi connectivity index (χ1n) is 6.50. The number of nitrogens with zero attached hydrogens (tertiary/aromatic N) is 4. The molecule has 124 valence electrons. The Balaban J connectivity index is 0.00000169. The number of phosphoric acid groups is 1. The number of anilines is 1. The van der Waals surface area contributed by atoms with Crippen LogP contribution >= 0.6 is 19.4 Å². The number of aliphatic hydroxyl groups is 1. The quantitative estimate of drug-likeness (QED) is 0.260. The van der Waals surface area contributed by atoms with E-state index in [1.54, 1.807) is 0 Å². The van der Waals surface area contributed by atoms with Gasteiger partial charge in [0.15, 0.2) is 23.2 Å². The van der Waals surface area contributed by atoms with Gasteiger partial charge in [-0.1, -0.05) is 0 Å². The summed E-state index contributed by atoms with van der Waals surface area (Å²) in [6.07, 6.45) is -2.87. The molecule has 2 aliphatic rings. The van der Waals surface area contributed by atoms with E-state index in [0.29, 0.717) is 0 Å². The average Bonchev–Trinajstić information content (AvgIpc) is 2.97. The van der Waals surface area contributed by atoms with Crippen molar-refractivity contribution in [1.29, 1.82) is 0 Å². The Kier molecular flexibility index (Phi) is 4.95. The largest absolute Gasteiger partial charge is 1.00 e. The van der Waals surface area contributed by atoms with Gasteiger partial charge < -0.3 is 20.5 Å². The molecule has 2 aromatic rings. The van der Waals surface area contributed by atoms with Crippen LogP contribution in [0.1, 0.15) is 6.23 Å². The van der Waals surface area contributed by atoms with Crippen LogP contribution in [-0.2, 0) is 18.3 Å². The van der Waals surface area contributed by atoms with Gasteiger partial charge >= 0.3 is 37.4 Å². The van der Waals surface area contributed by atoms with Crippen molar-refractivity contribution in [3.8, 4) is 0 Å². The third-order valence-electron chi connectivity index (χ3n) is 3.68. The van der Waals surface area contributed by atoms with Crippen molar-refractivity contribution in [2.45, 2.75) is 24.5 Å². The molecule has 5 atom stereocenters. The van der Waals surface area contributed by atoms with Gasteiger partial charge in [0.25, 0.3) is 0 Å². The molecule has 24 heavy (non-hydrogen) atoms. The maximum Gasteiger partial charge on any atom is 1.00 e. The second-order valence-electron chi connectivity index (χ2n) is 5.07. The van der Waals surface area contributed by atoms with Crippen LogP contribution in [0.5, 0.6) is 0 Å². The van der Waals surface area contributed by atoms with Crippen molar-refractivity contribution in [2.24, 2.45) is 0 Å². The summed E-state index contributed by atoms with van der Waals surface area (Å²) in [5.74, 6) is 0.125. The predicted molar refractivity (Wildman–Crippen MR) is 75.3 cm³/mol. The molecule has 2 fully saturated rings. The molecule has 2 aromatic heterocycles. The zero-order valence-corrected chi connectivity index (χ0v) is 16.0. The molecular formula is C10H11ClN5NaO6P+. The normalized spacial score (nSPS) is 35.6. The summed E-state index contributed by atoms with van der Waals surface area (Å²) >= 11 is 6.10. The standard InChI is InChI=1S/C10H11ClN5O6P.Na/c11-10-15-4-7(12)13-2-14-8(4)16(10)9-5(17)6-3(21-9)1-20-23(18,19)22-6;/h2-3,5-6,9,17H,1H2,(H,18,19)(H2,12,13,14);/q;+1. The van der Waals surface area contributed by atoms with Crippen LogP contribution in [-0.4, -0.2) is 54.4 Å². The average molecular weight is 387 g/mol. The number of hydrogen-bond donors (Lipinski definition) is 3. The molecule has 5 unspecified atom stereocenters. The number of phosphoric ester groups is 1. The van der Waals surface area contributed by atoms with E-state index < -0.39 is 32.4 Å². The van der Waals surface area contributed by atoms with Gasteiger partial charge in [-0.25, -0.2) is 19.5 Å². The monoisotopic (exact) mass is 386 g/mol. The summed E-state index contributed by atoms with van der Waals surface area (Å²) in [6, 6.07) is 0. The topological polar surface area (TPSA) is 155 Å². The maximum atomic E-state index is 11.5. The molecule has 0 spiro atoms. The van der Waals surface area contributed by atoms with E-state index in [1.165, 1.54) is 10.9 Å². The van der Waals surface area contributed by atoms with Crippen LogP contribution in [0.25, 0.3) is 11.2 Å². The van der Waals surface area contributed by atoms with Gasteiger partial charge in [-0.15, -0.1) is 0 Å². The van der Waals surface area contributed by atoms with Crippen LogP contribution in [0, 0.1) is 0 Å². The predicted octanol–water partition coefficient (Wildman–Crippen LogP) is -3.16. The molecule has 4 heterocycles. The number of hydrogen-bond acceptors (Lipinski definition) is 9. The first kappa shape index (κ1) is 18.5. The number of imidazole rings is 1. The molecule has 2 aliphatic heterocycles. The number of nitrogen functional groups attached to an aromatic ring is 1. The molecule has 0 bridgehead atoms. The van der Waals surface area contributed by atoms with Crippen molar-refractivity contribution < 1.29 is 57.9 Å². The van der Waals surface area contributed by atoms with Crippen LogP contribution < -0.4 is 35.3 Å². The zero-order valence-electron chi connectivity index (χ0n) is 12.3. The minimum atomic E-state index is -4.21. The van der Waals surface area contributed by atoms with E-state index in [1.807, 2.05) is 0 Å². The van der Waals surface area contributed by atoms with Crippen LogP contribution in [0.2, 0.25) is 5.28 Å². The van der Waals surface area contributed by atoms with Gasteiger partial charge in [0.05, 0.1) is 6.61 Å². The second kappa shape index (κ2) is 6.44. The van der Waals surface area contributed by atoms with E-state index in [-0.39, 0.29) is 58.4 Å². The molecule has 0 aliphatic carbocycles. The number of halogens is 1. The van der Waals surface area contributed by atoms with E-state index in [9.17, 15) is 14.6 Å². The van der Waals surface area contributed by atoms with Gasteiger partial charge in [0.1, 0.15) is 24.6 Å². The smallest absolute Gasteiger partial charge is 0.386 e. The fraction of sp³-hybridized carbons (Fsp3) is 0.500. The summed E-state index contributed by atoms with van der Waals surface area (Å²) < 4.78 is 28.0. The summed E-state index contributed by atoms with van der Waals surface area (Å²) in [6.45, 7) is -0.201. The van der Waals surface area contributed by atoms with Gasteiger partial charge in [-0.2, -0.15) is 0 Å². The number of rotatable bonds is 1. The Morgan fingerprint density at radius 2 is 2.21 bits per heavy atom. The third kappa shape index (κ3) is 2.88. The van der Waals surface area contributed by atoms with Gasteiger partial charge in [-0.3, -0.25) is 13.6 Å². The SMILES string of the molecule is Nc1ncnc2c1nc(Cl)n2C1OC2COP(=O)(O)OC2C1O.[Na+]. The molecular weight excluding hydrogens is 376 g/mol. The Morgan fingerprint density at radius 1 is 1.46 bits per heavy atom. The molecule has 0 amide bonds. The second-order valence-corrected chi connectivity index (χ2v) is 6.82. The Bertz CT molecular complexity index is 837. The maximum absolute atomic E-state index is 11.5. The van der Waals surface area contributed by atoms with Crippen molar-refractivity contribution in [3.63, 3.8) is 0 Å². The Morgan fingerprint density at radius 3 is 2.96 bits per heavy atom.